The third kappa shape index (κ3) is 2.93. The Balaban J connectivity index is 1.93. The summed E-state index contributed by atoms with van der Waals surface area (Å²) in [6, 6.07) is 13.0. The molecule has 0 atom stereocenters. The minimum Gasteiger partial charge on any atom is -0.507 e. The molecule has 0 aliphatic carbocycles. The van der Waals surface area contributed by atoms with Crippen molar-refractivity contribution >= 4 is 16.7 Å². The Morgan fingerprint density at radius 1 is 0.962 bits per heavy atom. The lowest BCUT2D eigenvalue weighted by molar-refractivity contribution is 0.312. The van der Waals surface area contributed by atoms with E-state index >= 15 is 0 Å². The van der Waals surface area contributed by atoms with Crippen molar-refractivity contribution in [3.63, 3.8) is 0 Å². The summed E-state index contributed by atoms with van der Waals surface area (Å²) in [6.07, 6.45) is 0. The average molecular weight is 350 g/mol. The van der Waals surface area contributed by atoms with Crippen LogP contribution < -0.4 is 9.64 Å². The highest BCUT2D eigenvalue weighted by atomic mass is 16.5. The molecule has 1 aromatic heterocycles. The lowest BCUT2D eigenvalue weighted by Crippen LogP contribution is -2.45. The summed E-state index contributed by atoms with van der Waals surface area (Å²) >= 11 is 0. The van der Waals surface area contributed by atoms with Gasteiger partial charge >= 0.3 is 0 Å². The molecular weight excluding hydrogens is 328 g/mol. The Bertz CT molecular complexity index is 936. The monoisotopic (exact) mass is 350 g/mol. The zero-order valence-corrected chi connectivity index (χ0v) is 15.0. The topological polar surface area (TPSA) is 61.7 Å². The number of likely N-dealkylation sites (N-methyl/N-ethyl adjacent to an activating group) is 1. The highest BCUT2D eigenvalue weighted by Gasteiger charge is 2.21. The molecule has 26 heavy (non-hydrogen) atoms. The molecule has 3 aromatic rings. The standard InChI is InChI=1S/C20H22N4O2/c1-23-10-12-24(13-11-23)20-15-7-5-9-17(26-2)18(15)21-19(22-20)14-6-3-4-8-16(14)25/h3-9,25H,10-13H2,1-2H3. The summed E-state index contributed by atoms with van der Waals surface area (Å²) in [6.45, 7) is 3.78. The Hall–Kier alpha value is -2.86. The summed E-state index contributed by atoms with van der Waals surface area (Å²) in [5.41, 5.74) is 1.38. The van der Waals surface area contributed by atoms with E-state index in [0.717, 1.165) is 42.9 Å². The van der Waals surface area contributed by atoms with E-state index in [9.17, 15) is 5.11 Å². The molecule has 1 aliphatic rings. The molecule has 0 spiro atoms. The second-order valence-corrected chi connectivity index (χ2v) is 6.53. The van der Waals surface area contributed by atoms with E-state index in [-0.39, 0.29) is 5.75 Å². The number of phenols is 1. The first-order valence-electron chi connectivity index (χ1n) is 8.74. The molecular formula is C20H22N4O2. The van der Waals surface area contributed by atoms with Crippen LogP contribution in [-0.2, 0) is 0 Å². The second-order valence-electron chi connectivity index (χ2n) is 6.53. The predicted octanol–water partition coefficient (Wildman–Crippen LogP) is 2.76. The number of phenolic OH excluding ortho intramolecular Hbond substituents is 1. The Labute approximate surface area is 152 Å². The van der Waals surface area contributed by atoms with Gasteiger partial charge in [-0.15, -0.1) is 0 Å². The maximum Gasteiger partial charge on any atom is 0.166 e. The van der Waals surface area contributed by atoms with Crippen LogP contribution in [0.1, 0.15) is 0 Å². The third-order valence-electron chi connectivity index (χ3n) is 4.84. The molecule has 6 heteroatoms. The van der Waals surface area contributed by atoms with E-state index < -0.39 is 0 Å². The molecule has 0 amide bonds. The first-order valence-corrected chi connectivity index (χ1v) is 8.74. The van der Waals surface area contributed by atoms with Gasteiger partial charge in [-0.05, 0) is 31.3 Å². The highest BCUT2D eigenvalue weighted by molar-refractivity contribution is 5.95. The van der Waals surface area contributed by atoms with E-state index in [1.54, 1.807) is 19.2 Å². The number of ether oxygens (including phenoxy) is 1. The maximum atomic E-state index is 10.3. The van der Waals surface area contributed by atoms with Crippen molar-refractivity contribution in [3.05, 3.63) is 42.5 Å². The predicted molar refractivity (Wildman–Crippen MR) is 103 cm³/mol. The van der Waals surface area contributed by atoms with Gasteiger partial charge in [-0.1, -0.05) is 18.2 Å². The van der Waals surface area contributed by atoms with Crippen molar-refractivity contribution in [1.29, 1.82) is 0 Å². The van der Waals surface area contributed by atoms with Crippen LogP contribution in [0.2, 0.25) is 0 Å². The molecule has 0 saturated carbocycles. The van der Waals surface area contributed by atoms with E-state index in [0.29, 0.717) is 17.1 Å². The summed E-state index contributed by atoms with van der Waals surface area (Å²) in [5.74, 6) is 2.28. The van der Waals surface area contributed by atoms with Gasteiger partial charge < -0.3 is 19.6 Å². The van der Waals surface area contributed by atoms with Crippen molar-refractivity contribution in [2.24, 2.45) is 0 Å². The molecule has 6 nitrogen and oxygen atoms in total. The van der Waals surface area contributed by atoms with Crippen molar-refractivity contribution < 1.29 is 9.84 Å². The number of anilines is 1. The Morgan fingerprint density at radius 2 is 1.73 bits per heavy atom. The van der Waals surface area contributed by atoms with Crippen LogP contribution in [0, 0.1) is 0 Å². The van der Waals surface area contributed by atoms with Crippen LogP contribution in [0.3, 0.4) is 0 Å². The third-order valence-corrected chi connectivity index (χ3v) is 4.84. The zero-order chi connectivity index (χ0) is 18.1. The molecule has 0 bridgehead atoms. The fourth-order valence-electron chi connectivity index (χ4n) is 3.32. The molecule has 2 aromatic carbocycles. The number of aromatic hydroxyl groups is 1. The lowest BCUT2D eigenvalue weighted by atomic mass is 10.1. The number of hydrogen-bond donors (Lipinski definition) is 1. The number of para-hydroxylation sites is 2. The molecule has 0 unspecified atom stereocenters. The van der Waals surface area contributed by atoms with Gasteiger partial charge in [-0.2, -0.15) is 0 Å². The number of hydrogen-bond acceptors (Lipinski definition) is 6. The Morgan fingerprint density at radius 3 is 2.46 bits per heavy atom. The molecule has 1 saturated heterocycles. The summed E-state index contributed by atoms with van der Waals surface area (Å²) in [7, 11) is 3.78. The van der Waals surface area contributed by atoms with Crippen LogP contribution >= 0.6 is 0 Å². The smallest absolute Gasteiger partial charge is 0.166 e. The van der Waals surface area contributed by atoms with Crippen LogP contribution in [0.5, 0.6) is 11.5 Å². The zero-order valence-electron chi connectivity index (χ0n) is 15.0. The molecule has 4 rings (SSSR count). The minimum absolute atomic E-state index is 0.172. The number of benzene rings is 2. The van der Waals surface area contributed by atoms with Gasteiger partial charge in [-0.25, -0.2) is 9.97 Å². The van der Waals surface area contributed by atoms with Crippen molar-refractivity contribution in [2.75, 3.05) is 45.2 Å². The molecule has 1 fully saturated rings. The number of aromatic nitrogens is 2. The van der Waals surface area contributed by atoms with Gasteiger partial charge in [0.05, 0.1) is 12.7 Å². The maximum absolute atomic E-state index is 10.3. The molecule has 1 aliphatic heterocycles. The molecule has 1 N–H and O–H groups in total. The van der Waals surface area contributed by atoms with E-state index in [4.69, 9.17) is 14.7 Å². The van der Waals surface area contributed by atoms with Gasteiger partial charge in [0.25, 0.3) is 0 Å². The molecule has 134 valence electrons. The SMILES string of the molecule is COc1cccc2c(N3CCN(C)CC3)nc(-c3ccccc3O)nc12. The molecule has 0 radical (unpaired) electrons. The van der Waals surface area contributed by atoms with Gasteiger partial charge in [0.1, 0.15) is 22.8 Å². The number of rotatable bonds is 3. The molecule has 2 heterocycles. The fourth-order valence-corrected chi connectivity index (χ4v) is 3.32. The number of methoxy groups -OCH3 is 1. The first-order chi connectivity index (χ1) is 12.7. The van der Waals surface area contributed by atoms with E-state index in [1.165, 1.54) is 0 Å². The Kier molecular flexibility index (Phi) is 4.34. The number of piperazine rings is 1. The van der Waals surface area contributed by atoms with Crippen molar-refractivity contribution in [1.82, 2.24) is 14.9 Å². The average Bonchev–Trinajstić information content (AvgIpc) is 2.67. The van der Waals surface area contributed by atoms with Crippen molar-refractivity contribution in [2.45, 2.75) is 0 Å². The quantitative estimate of drug-likeness (QED) is 0.784. The first kappa shape index (κ1) is 16.6. The number of fused-ring (bicyclic) bond motifs is 1. The highest BCUT2D eigenvalue weighted by Crippen LogP contribution is 2.35. The van der Waals surface area contributed by atoms with Crippen LogP contribution in [-0.4, -0.2) is 60.3 Å². The second kappa shape index (κ2) is 6.80. The van der Waals surface area contributed by atoms with E-state index in [1.807, 2.05) is 30.3 Å². The largest absolute Gasteiger partial charge is 0.507 e. The van der Waals surface area contributed by atoms with Crippen LogP contribution in [0.25, 0.3) is 22.3 Å². The normalized spacial score (nSPS) is 15.4. The van der Waals surface area contributed by atoms with Gasteiger partial charge in [-0.3, -0.25) is 0 Å². The minimum atomic E-state index is 0.172. The summed E-state index contributed by atoms with van der Waals surface area (Å²) < 4.78 is 5.53. The fraction of sp³-hybridized carbons (Fsp3) is 0.300. The van der Waals surface area contributed by atoms with Gasteiger partial charge in [0, 0.05) is 31.6 Å². The van der Waals surface area contributed by atoms with Gasteiger partial charge in [0.15, 0.2) is 5.82 Å². The van der Waals surface area contributed by atoms with E-state index in [2.05, 4.69) is 16.8 Å². The van der Waals surface area contributed by atoms with Crippen LogP contribution in [0.4, 0.5) is 5.82 Å². The van der Waals surface area contributed by atoms with Crippen LogP contribution in [0.15, 0.2) is 42.5 Å². The summed E-state index contributed by atoms with van der Waals surface area (Å²) in [5, 5.41) is 11.2. The summed E-state index contributed by atoms with van der Waals surface area (Å²) in [4.78, 5) is 14.1. The van der Waals surface area contributed by atoms with Gasteiger partial charge in [0.2, 0.25) is 0 Å². The lowest BCUT2D eigenvalue weighted by Gasteiger charge is -2.34. The van der Waals surface area contributed by atoms with Crippen molar-refractivity contribution in [3.8, 4) is 22.9 Å². The number of nitrogens with zero attached hydrogens (tertiary/aromatic N) is 4.